The van der Waals surface area contributed by atoms with Crippen molar-refractivity contribution in [3.8, 4) is 5.75 Å². The highest BCUT2D eigenvalue weighted by Crippen LogP contribution is 2.39. The summed E-state index contributed by atoms with van der Waals surface area (Å²) < 4.78 is 5.85. The molecule has 0 bridgehead atoms. The van der Waals surface area contributed by atoms with Crippen molar-refractivity contribution in [2.24, 2.45) is 11.8 Å². The molecular formula is C18H26ClNO. The largest absolute Gasteiger partial charge is 0.493 e. The molecule has 2 atom stereocenters. The molecule has 3 heteroatoms. The molecule has 1 aliphatic carbocycles. The lowest BCUT2D eigenvalue weighted by molar-refractivity contribution is 0.334. The lowest BCUT2D eigenvalue weighted by atomic mass is 9.88. The lowest BCUT2D eigenvalue weighted by Gasteiger charge is -2.22. The van der Waals surface area contributed by atoms with Crippen LogP contribution in [0.5, 0.6) is 5.75 Å². The third kappa shape index (κ3) is 3.54. The van der Waals surface area contributed by atoms with E-state index in [0.717, 1.165) is 48.6 Å². The summed E-state index contributed by atoms with van der Waals surface area (Å²) in [6.07, 6.45) is 6.18. The first-order chi connectivity index (χ1) is 10.1. The number of hydrogen-bond donors (Lipinski definition) is 1. The van der Waals surface area contributed by atoms with Crippen LogP contribution in [0.1, 0.15) is 44.2 Å². The monoisotopic (exact) mass is 307 g/mol. The van der Waals surface area contributed by atoms with Gasteiger partial charge < -0.3 is 10.1 Å². The number of fused-ring (bicyclic) bond motifs is 1. The van der Waals surface area contributed by atoms with Crippen LogP contribution in [0.4, 0.5) is 0 Å². The minimum atomic E-state index is 0.574. The van der Waals surface area contributed by atoms with E-state index in [1.807, 2.05) is 0 Å². The third-order valence-corrected chi connectivity index (χ3v) is 5.13. The predicted molar refractivity (Wildman–Crippen MR) is 88.3 cm³/mol. The maximum Gasteiger partial charge on any atom is 0.125 e. The Labute approximate surface area is 133 Å². The second kappa shape index (κ2) is 6.58. The normalized spacial score (nSPS) is 24.4. The van der Waals surface area contributed by atoms with Gasteiger partial charge in [0.25, 0.3) is 0 Å². The van der Waals surface area contributed by atoms with Crippen molar-refractivity contribution in [3.63, 3.8) is 0 Å². The van der Waals surface area contributed by atoms with Crippen molar-refractivity contribution in [1.82, 2.24) is 5.32 Å². The Balaban J connectivity index is 1.71. The van der Waals surface area contributed by atoms with Gasteiger partial charge in [0.05, 0.1) is 6.61 Å². The van der Waals surface area contributed by atoms with E-state index in [0.29, 0.717) is 6.04 Å². The van der Waals surface area contributed by atoms with Gasteiger partial charge in [-0.05, 0) is 60.9 Å². The van der Waals surface area contributed by atoms with Gasteiger partial charge in [-0.1, -0.05) is 31.9 Å². The fourth-order valence-corrected chi connectivity index (χ4v) is 4.08. The molecule has 1 fully saturated rings. The molecule has 1 saturated carbocycles. The molecule has 0 saturated heterocycles. The molecule has 0 amide bonds. The standard InChI is InChI=1S/C18H26ClNO/c1-12(2)20-11-15-5-3-4-13(15)8-16-10-17(19)9-14-6-7-21-18(14)16/h9-10,12-13,15,20H,3-8,11H2,1-2H3. The number of halogens is 1. The van der Waals surface area contributed by atoms with Gasteiger partial charge >= 0.3 is 0 Å². The number of hydrogen-bond acceptors (Lipinski definition) is 2. The Bertz CT molecular complexity index is 500. The Kier molecular flexibility index (Phi) is 4.75. The van der Waals surface area contributed by atoms with Gasteiger partial charge in [0.15, 0.2) is 0 Å². The van der Waals surface area contributed by atoms with E-state index >= 15 is 0 Å². The van der Waals surface area contributed by atoms with Crippen LogP contribution in [0.25, 0.3) is 0 Å². The molecule has 1 aromatic rings. The summed E-state index contributed by atoms with van der Waals surface area (Å²) in [4.78, 5) is 0. The molecule has 0 aromatic heterocycles. The summed E-state index contributed by atoms with van der Waals surface area (Å²) in [5.74, 6) is 2.69. The minimum absolute atomic E-state index is 0.574. The van der Waals surface area contributed by atoms with Gasteiger partial charge in [0.2, 0.25) is 0 Å². The average Bonchev–Trinajstić information content (AvgIpc) is 3.05. The molecule has 2 nitrogen and oxygen atoms in total. The molecule has 2 aliphatic rings. The van der Waals surface area contributed by atoms with Crippen molar-refractivity contribution in [2.45, 2.75) is 52.0 Å². The Morgan fingerprint density at radius 3 is 2.90 bits per heavy atom. The maximum atomic E-state index is 6.29. The molecule has 3 rings (SSSR count). The number of nitrogens with one attached hydrogen (secondary N) is 1. The van der Waals surface area contributed by atoms with Crippen molar-refractivity contribution in [3.05, 3.63) is 28.3 Å². The van der Waals surface area contributed by atoms with E-state index in [2.05, 4.69) is 31.3 Å². The van der Waals surface area contributed by atoms with Gasteiger partial charge in [-0.3, -0.25) is 0 Å². The average molecular weight is 308 g/mol. The molecule has 2 unspecified atom stereocenters. The molecule has 1 N–H and O–H groups in total. The van der Waals surface area contributed by atoms with Crippen LogP contribution in [0.3, 0.4) is 0 Å². The maximum absolute atomic E-state index is 6.29. The summed E-state index contributed by atoms with van der Waals surface area (Å²) >= 11 is 6.29. The molecule has 1 heterocycles. The van der Waals surface area contributed by atoms with E-state index < -0.39 is 0 Å². The molecule has 116 valence electrons. The zero-order chi connectivity index (χ0) is 14.8. The van der Waals surface area contributed by atoms with Crippen LogP contribution in [0.2, 0.25) is 5.02 Å². The fraction of sp³-hybridized carbons (Fsp3) is 0.667. The van der Waals surface area contributed by atoms with Crippen LogP contribution in [0, 0.1) is 11.8 Å². The van der Waals surface area contributed by atoms with Gasteiger partial charge in [0.1, 0.15) is 5.75 Å². The second-order valence-corrected chi connectivity index (χ2v) is 7.31. The predicted octanol–water partition coefficient (Wildman–Crippen LogP) is 4.23. The van der Waals surface area contributed by atoms with Crippen LogP contribution in [-0.4, -0.2) is 19.2 Å². The highest BCUT2D eigenvalue weighted by molar-refractivity contribution is 6.30. The topological polar surface area (TPSA) is 21.3 Å². The second-order valence-electron chi connectivity index (χ2n) is 6.87. The lowest BCUT2D eigenvalue weighted by Crippen LogP contribution is -2.31. The van der Waals surface area contributed by atoms with Crippen LogP contribution in [-0.2, 0) is 12.8 Å². The quantitative estimate of drug-likeness (QED) is 0.879. The van der Waals surface area contributed by atoms with Crippen LogP contribution in [0.15, 0.2) is 12.1 Å². The van der Waals surface area contributed by atoms with Gasteiger partial charge in [-0.15, -0.1) is 0 Å². The highest BCUT2D eigenvalue weighted by atomic mass is 35.5. The number of benzene rings is 1. The van der Waals surface area contributed by atoms with Gasteiger partial charge in [-0.25, -0.2) is 0 Å². The SMILES string of the molecule is CC(C)NCC1CCCC1Cc1cc(Cl)cc2c1OCC2. The first-order valence-corrected chi connectivity index (χ1v) is 8.68. The highest BCUT2D eigenvalue weighted by Gasteiger charge is 2.29. The fourth-order valence-electron chi connectivity index (χ4n) is 3.82. The zero-order valence-electron chi connectivity index (χ0n) is 13.1. The van der Waals surface area contributed by atoms with E-state index in [1.165, 1.54) is 30.4 Å². The summed E-state index contributed by atoms with van der Waals surface area (Å²) in [5, 5.41) is 4.47. The van der Waals surface area contributed by atoms with Crippen molar-refractivity contribution >= 4 is 11.6 Å². The third-order valence-electron chi connectivity index (χ3n) is 4.91. The van der Waals surface area contributed by atoms with Gasteiger partial charge in [0, 0.05) is 17.5 Å². The summed E-state index contributed by atoms with van der Waals surface area (Å²) in [7, 11) is 0. The van der Waals surface area contributed by atoms with E-state index in [4.69, 9.17) is 16.3 Å². The first-order valence-electron chi connectivity index (χ1n) is 8.31. The Hall–Kier alpha value is -0.730. The van der Waals surface area contributed by atoms with Crippen LogP contribution >= 0.6 is 11.6 Å². The van der Waals surface area contributed by atoms with Gasteiger partial charge in [-0.2, -0.15) is 0 Å². The summed E-state index contributed by atoms with van der Waals surface area (Å²) in [6.45, 7) is 6.40. The minimum Gasteiger partial charge on any atom is -0.493 e. The molecule has 21 heavy (non-hydrogen) atoms. The van der Waals surface area contributed by atoms with Crippen molar-refractivity contribution in [1.29, 1.82) is 0 Å². The Morgan fingerprint density at radius 2 is 2.10 bits per heavy atom. The molecule has 1 aromatic carbocycles. The molecule has 0 radical (unpaired) electrons. The number of rotatable bonds is 5. The van der Waals surface area contributed by atoms with E-state index in [1.54, 1.807) is 0 Å². The first kappa shape index (κ1) is 15.2. The van der Waals surface area contributed by atoms with E-state index in [-0.39, 0.29) is 0 Å². The van der Waals surface area contributed by atoms with E-state index in [9.17, 15) is 0 Å². The summed E-state index contributed by atoms with van der Waals surface area (Å²) in [5.41, 5.74) is 2.63. The summed E-state index contributed by atoms with van der Waals surface area (Å²) in [6, 6.07) is 4.77. The van der Waals surface area contributed by atoms with Crippen LogP contribution < -0.4 is 10.1 Å². The van der Waals surface area contributed by atoms with Crippen molar-refractivity contribution < 1.29 is 4.74 Å². The van der Waals surface area contributed by atoms with Crippen molar-refractivity contribution in [2.75, 3.05) is 13.2 Å². The Morgan fingerprint density at radius 1 is 1.29 bits per heavy atom. The molecular weight excluding hydrogens is 282 g/mol. The molecule has 1 aliphatic heterocycles. The number of ether oxygens (including phenoxy) is 1. The zero-order valence-corrected chi connectivity index (χ0v) is 13.9. The smallest absolute Gasteiger partial charge is 0.125 e. The molecule has 0 spiro atoms.